The van der Waals surface area contributed by atoms with E-state index in [-0.39, 0.29) is 11.5 Å². The Morgan fingerprint density at radius 1 is 1.14 bits per heavy atom. The zero-order valence-electron chi connectivity index (χ0n) is 11.3. The lowest BCUT2D eigenvalue weighted by Gasteiger charge is -2.13. The summed E-state index contributed by atoms with van der Waals surface area (Å²) < 4.78 is 35.1. The molecule has 0 aliphatic carbocycles. The highest BCUT2D eigenvalue weighted by Crippen LogP contribution is 2.30. The SMILES string of the molecule is COc1ccc(CNc2ccccc2Br)cc1OC(F)F. The van der Waals surface area contributed by atoms with Gasteiger partial charge in [-0.05, 0) is 45.8 Å². The Hall–Kier alpha value is -1.82. The molecule has 0 saturated carbocycles. The van der Waals surface area contributed by atoms with Gasteiger partial charge in [-0.3, -0.25) is 0 Å². The molecule has 0 radical (unpaired) electrons. The summed E-state index contributed by atoms with van der Waals surface area (Å²) in [6, 6.07) is 12.6. The van der Waals surface area contributed by atoms with Crippen molar-refractivity contribution in [3.05, 3.63) is 52.5 Å². The molecule has 0 heterocycles. The average Bonchev–Trinajstić information content (AvgIpc) is 2.46. The molecule has 2 aromatic carbocycles. The molecule has 0 unspecified atom stereocenters. The molecular weight excluding hydrogens is 344 g/mol. The second-order valence-electron chi connectivity index (χ2n) is 4.20. The summed E-state index contributed by atoms with van der Waals surface area (Å²) in [4.78, 5) is 0. The monoisotopic (exact) mass is 357 g/mol. The number of para-hydroxylation sites is 1. The summed E-state index contributed by atoms with van der Waals surface area (Å²) in [5.74, 6) is 0.305. The van der Waals surface area contributed by atoms with Crippen molar-refractivity contribution in [1.29, 1.82) is 0 Å². The minimum Gasteiger partial charge on any atom is -0.493 e. The number of anilines is 1. The van der Waals surface area contributed by atoms with E-state index in [1.807, 2.05) is 24.3 Å². The molecule has 0 amide bonds. The average molecular weight is 358 g/mol. The van der Waals surface area contributed by atoms with Gasteiger partial charge < -0.3 is 14.8 Å². The number of ether oxygens (including phenoxy) is 2. The van der Waals surface area contributed by atoms with Crippen molar-refractivity contribution in [2.24, 2.45) is 0 Å². The molecule has 1 N–H and O–H groups in total. The van der Waals surface area contributed by atoms with Crippen LogP contribution in [-0.4, -0.2) is 13.7 Å². The Kier molecular flexibility index (Phi) is 5.38. The van der Waals surface area contributed by atoms with Crippen molar-refractivity contribution < 1.29 is 18.3 Å². The van der Waals surface area contributed by atoms with E-state index in [0.717, 1.165) is 15.7 Å². The van der Waals surface area contributed by atoms with Gasteiger partial charge in [-0.25, -0.2) is 0 Å². The molecule has 0 aromatic heterocycles. The van der Waals surface area contributed by atoms with Crippen LogP contribution in [0.25, 0.3) is 0 Å². The van der Waals surface area contributed by atoms with E-state index < -0.39 is 6.61 Å². The maximum atomic E-state index is 12.4. The molecular formula is C15H14BrF2NO2. The van der Waals surface area contributed by atoms with Gasteiger partial charge in [0, 0.05) is 16.7 Å². The zero-order chi connectivity index (χ0) is 15.2. The highest BCUT2D eigenvalue weighted by molar-refractivity contribution is 9.10. The van der Waals surface area contributed by atoms with Gasteiger partial charge in [0.1, 0.15) is 0 Å². The van der Waals surface area contributed by atoms with Gasteiger partial charge in [0.2, 0.25) is 0 Å². The number of halogens is 3. The topological polar surface area (TPSA) is 30.5 Å². The Balaban J connectivity index is 2.12. The summed E-state index contributed by atoms with van der Waals surface area (Å²) in [6.07, 6.45) is 0. The second-order valence-corrected chi connectivity index (χ2v) is 5.05. The maximum Gasteiger partial charge on any atom is 0.387 e. The van der Waals surface area contributed by atoms with Gasteiger partial charge in [-0.1, -0.05) is 18.2 Å². The van der Waals surface area contributed by atoms with Gasteiger partial charge in [0.25, 0.3) is 0 Å². The first-order valence-corrected chi connectivity index (χ1v) is 6.99. The van der Waals surface area contributed by atoms with Crippen LogP contribution in [0.15, 0.2) is 46.9 Å². The van der Waals surface area contributed by atoms with Crippen molar-refractivity contribution >= 4 is 21.6 Å². The summed E-state index contributed by atoms with van der Waals surface area (Å²) in [5, 5.41) is 3.22. The normalized spacial score (nSPS) is 10.5. The van der Waals surface area contributed by atoms with Crippen molar-refractivity contribution in [2.45, 2.75) is 13.2 Å². The third kappa shape index (κ3) is 4.32. The Morgan fingerprint density at radius 3 is 2.57 bits per heavy atom. The minimum atomic E-state index is -2.88. The van der Waals surface area contributed by atoms with Crippen LogP contribution in [0.1, 0.15) is 5.56 Å². The predicted octanol–water partition coefficient (Wildman–Crippen LogP) is 4.67. The van der Waals surface area contributed by atoms with Crippen LogP contribution in [0, 0.1) is 0 Å². The van der Waals surface area contributed by atoms with E-state index in [9.17, 15) is 8.78 Å². The van der Waals surface area contributed by atoms with E-state index in [1.54, 1.807) is 12.1 Å². The lowest BCUT2D eigenvalue weighted by atomic mass is 10.2. The summed E-state index contributed by atoms with van der Waals surface area (Å²) in [6.45, 7) is -2.41. The van der Waals surface area contributed by atoms with Gasteiger partial charge in [-0.2, -0.15) is 8.78 Å². The highest BCUT2D eigenvalue weighted by Gasteiger charge is 2.11. The number of hydrogen-bond acceptors (Lipinski definition) is 3. The van der Waals surface area contributed by atoms with Crippen LogP contribution in [-0.2, 0) is 6.54 Å². The lowest BCUT2D eigenvalue weighted by molar-refractivity contribution is -0.0512. The third-order valence-electron chi connectivity index (χ3n) is 2.80. The van der Waals surface area contributed by atoms with Gasteiger partial charge >= 0.3 is 6.61 Å². The van der Waals surface area contributed by atoms with Crippen LogP contribution in [0.2, 0.25) is 0 Å². The van der Waals surface area contributed by atoms with E-state index in [2.05, 4.69) is 26.0 Å². The first-order valence-electron chi connectivity index (χ1n) is 6.20. The summed E-state index contributed by atoms with van der Waals surface area (Å²) in [5.41, 5.74) is 1.73. The fraction of sp³-hybridized carbons (Fsp3) is 0.200. The molecule has 112 valence electrons. The van der Waals surface area contributed by atoms with Crippen molar-refractivity contribution in [3.8, 4) is 11.5 Å². The summed E-state index contributed by atoms with van der Waals surface area (Å²) >= 11 is 3.43. The molecule has 0 spiro atoms. The van der Waals surface area contributed by atoms with Crippen LogP contribution in [0.5, 0.6) is 11.5 Å². The molecule has 6 heteroatoms. The predicted molar refractivity (Wildman–Crippen MR) is 81.1 cm³/mol. The summed E-state index contributed by atoms with van der Waals surface area (Å²) in [7, 11) is 1.41. The quantitative estimate of drug-likeness (QED) is 0.814. The Labute approximate surface area is 130 Å². The Morgan fingerprint density at radius 2 is 1.90 bits per heavy atom. The standard InChI is InChI=1S/C15H14BrF2NO2/c1-20-13-7-6-10(8-14(13)21-15(17)18)9-19-12-5-3-2-4-11(12)16/h2-8,15,19H,9H2,1H3. The fourth-order valence-electron chi connectivity index (χ4n) is 1.82. The Bertz CT molecular complexity index is 608. The number of benzene rings is 2. The second kappa shape index (κ2) is 7.26. The van der Waals surface area contributed by atoms with Crippen molar-refractivity contribution in [1.82, 2.24) is 0 Å². The highest BCUT2D eigenvalue weighted by atomic mass is 79.9. The molecule has 0 aliphatic rings. The molecule has 0 saturated heterocycles. The molecule has 0 aliphatic heterocycles. The smallest absolute Gasteiger partial charge is 0.387 e. The van der Waals surface area contributed by atoms with Gasteiger partial charge in [0.15, 0.2) is 11.5 Å². The molecule has 0 bridgehead atoms. The van der Waals surface area contributed by atoms with Crippen LogP contribution < -0.4 is 14.8 Å². The van der Waals surface area contributed by atoms with Gasteiger partial charge in [-0.15, -0.1) is 0 Å². The molecule has 0 atom stereocenters. The van der Waals surface area contributed by atoms with E-state index in [4.69, 9.17) is 4.74 Å². The van der Waals surface area contributed by atoms with Gasteiger partial charge in [0.05, 0.1) is 7.11 Å². The molecule has 0 fully saturated rings. The van der Waals surface area contributed by atoms with Crippen LogP contribution >= 0.6 is 15.9 Å². The largest absolute Gasteiger partial charge is 0.493 e. The maximum absolute atomic E-state index is 12.4. The van der Waals surface area contributed by atoms with E-state index >= 15 is 0 Å². The van der Waals surface area contributed by atoms with Crippen LogP contribution in [0.3, 0.4) is 0 Å². The van der Waals surface area contributed by atoms with E-state index in [0.29, 0.717) is 6.54 Å². The number of methoxy groups -OCH3 is 1. The first-order chi connectivity index (χ1) is 10.1. The van der Waals surface area contributed by atoms with E-state index in [1.165, 1.54) is 13.2 Å². The minimum absolute atomic E-state index is 0.0268. The molecule has 3 nitrogen and oxygen atoms in total. The lowest BCUT2D eigenvalue weighted by Crippen LogP contribution is -2.05. The number of nitrogens with one attached hydrogen (secondary N) is 1. The molecule has 2 rings (SSSR count). The van der Waals surface area contributed by atoms with Crippen LogP contribution in [0.4, 0.5) is 14.5 Å². The molecule has 2 aromatic rings. The third-order valence-corrected chi connectivity index (χ3v) is 3.49. The number of rotatable bonds is 6. The first kappa shape index (κ1) is 15.6. The molecule has 21 heavy (non-hydrogen) atoms. The fourth-order valence-corrected chi connectivity index (χ4v) is 2.25. The van der Waals surface area contributed by atoms with Crippen molar-refractivity contribution in [3.63, 3.8) is 0 Å². The van der Waals surface area contributed by atoms with Crippen molar-refractivity contribution in [2.75, 3.05) is 12.4 Å². The zero-order valence-corrected chi connectivity index (χ0v) is 12.9. The number of alkyl halides is 2. The number of hydrogen-bond donors (Lipinski definition) is 1.